The molecule has 0 aromatic heterocycles. The molecular formula is C15H24N2O3. The third kappa shape index (κ3) is 3.52. The summed E-state index contributed by atoms with van der Waals surface area (Å²) in [5.74, 6) is -0.218. The zero-order valence-electron chi connectivity index (χ0n) is 12.1. The number of piperidine rings is 1. The zero-order chi connectivity index (χ0) is 14.6. The predicted octanol–water partition coefficient (Wildman–Crippen LogP) is 2.24. The highest BCUT2D eigenvalue weighted by Crippen LogP contribution is 2.31. The molecule has 20 heavy (non-hydrogen) atoms. The first-order valence-electron chi connectivity index (χ1n) is 7.42. The van der Waals surface area contributed by atoms with Crippen molar-refractivity contribution in [2.75, 3.05) is 19.6 Å². The summed E-state index contributed by atoms with van der Waals surface area (Å²) in [6.45, 7) is 3.53. The van der Waals surface area contributed by atoms with Crippen LogP contribution in [0.5, 0.6) is 0 Å². The Kier molecular flexibility index (Phi) is 4.68. The lowest BCUT2D eigenvalue weighted by Crippen LogP contribution is -2.49. The Hall–Kier alpha value is -1.52. The molecule has 1 unspecified atom stereocenters. The van der Waals surface area contributed by atoms with Crippen LogP contribution in [-0.4, -0.2) is 41.6 Å². The molecule has 0 aromatic rings. The van der Waals surface area contributed by atoms with Gasteiger partial charge in [-0.1, -0.05) is 12.2 Å². The lowest BCUT2D eigenvalue weighted by molar-refractivity contribution is -0.150. The van der Waals surface area contributed by atoms with Crippen molar-refractivity contribution >= 4 is 12.0 Å². The number of carboxylic acid groups (broad SMARTS) is 1. The van der Waals surface area contributed by atoms with Gasteiger partial charge in [0, 0.05) is 19.6 Å². The second-order valence-electron chi connectivity index (χ2n) is 6.19. The SMILES string of the molecule is CC1(C(=O)O)CCN(C(=O)NCC2CC=CCC2)CC1. The van der Waals surface area contributed by atoms with Gasteiger partial charge in [0.25, 0.3) is 0 Å². The molecule has 2 rings (SSSR count). The van der Waals surface area contributed by atoms with Gasteiger partial charge in [0.05, 0.1) is 5.41 Å². The van der Waals surface area contributed by atoms with Crippen molar-refractivity contribution in [1.82, 2.24) is 10.2 Å². The van der Waals surface area contributed by atoms with Crippen molar-refractivity contribution in [1.29, 1.82) is 0 Å². The second kappa shape index (κ2) is 6.29. The van der Waals surface area contributed by atoms with Gasteiger partial charge in [-0.2, -0.15) is 0 Å². The Morgan fingerprint density at radius 1 is 1.35 bits per heavy atom. The average molecular weight is 280 g/mol. The van der Waals surface area contributed by atoms with E-state index >= 15 is 0 Å². The van der Waals surface area contributed by atoms with Gasteiger partial charge < -0.3 is 15.3 Å². The Labute approximate surface area is 120 Å². The van der Waals surface area contributed by atoms with Gasteiger partial charge in [-0.3, -0.25) is 4.79 Å². The summed E-state index contributed by atoms with van der Waals surface area (Å²) >= 11 is 0. The molecule has 5 nitrogen and oxygen atoms in total. The van der Waals surface area contributed by atoms with Crippen molar-refractivity contribution in [3.8, 4) is 0 Å². The van der Waals surface area contributed by atoms with Gasteiger partial charge in [-0.15, -0.1) is 0 Å². The molecule has 2 aliphatic rings. The van der Waals surface area contributed by atoms with Gasteiger partial charge in [0.1, 0.15) is 0 Å². The highest BCUT2D eigenvalue weighted by Gasteiger charge is 2.38. The Balaban J connectivity index is 1.74. The van der Waals surface area contributed by atoms with E-state index in [1.54, 1.807) is 11.8 Å². The number of hydrogen-bond acceptors (Lipinski definition) is 2. The fourth-order valence-corrected chi connectivity index (χ4v) is 2.80. The highest BCUT2D eigenvalue weighted by atomic mass is 16.4. The van der Waals surface area contributed by atoms with E-state index in [0.29, 0.717) is 31.8 Å². The fraction of sp³-hybridized carbons (Fsp3) is 0.733. The van der Waals surface area contributed by atoms with Crippen molar-refractivity contribution in [2.45, 2.75) is 39.0 Å². The minimum atomic E-state index is -0.758. The van der Waals surface area contributed by atoms with Crippen LogP contribution in [0.15, 0.2) is 12.2 Å². The van der Waals surface area contributed by atoms with E-state index in [2.05, 4.69) is 17.5 Å². The molecule has 1 heterocycles. The first-order chi connectivity index (χ1) is 9.51. The standard InChI is InChI=1S/C15H24N2O3/c1-15(13(18)19)7-9-17(10-8-15)14(20)16-11-12-5-3-2-4-6-12/h2-3,12H,4-11H2,1H3,(H,16,20)(H,18,19). The monoisotopic (exact) mass is 280 g/mol. The number of amides is 2. The number of likely N-dealkylation sites (tertiary alicyclic amines) is 1. The molecule has 0 bridgehead atoms. The molecule has 1 aliphatic heterocycles. The van der Waals surface area contributed by atoms with Crippen LogP contribution in [0.3, 0.4) is 0 Å². The number of nitrogens with one attached hydrogen (secondary N) is 1. The largest absolute Gasteiger partial charge is 0.481 e. The van der Waals surface area contributed by atoms with Crippen molar-refractivity contribution < 1.29 is 14.7 Å². The topological polar surface area (TPSA) is 69.6 Å². The normalized spacial score (nSPS) is 25.2. The fourth-order valence-electron chi connectivity index (χ4n) is 2.80. The maximum Gasteiger partial charge on any atom is 0.317 e. The van der Waals surface area contributed by atoms with Crippen LogP contribution in [0.1, 0.15) is 39.0 Å². The quantitative estimate of drug-likeness (QED) is 0.779. The van der Waals surface area contributed by atoms with E-state index in [1.807, 2.05) is 0 Å². The second-order valence-corrected chi connectivity index (χ2v) is 6.19. The van der Waals surface area contributed by atoms with Crippen LogP contribution < -0.4 is 5.32 Å². The molecule has 0 spiro atoms. The van der Waals surface area contributed by atoms with E-state index in [0.717, 1.165) is 25.8 Å². The summed E-state index contributed by atoms with van der Waals surface area (Å²) in [4.78, 5) is 25.0. The van der Waals surface area contributed by atoms with Crippen LogP contribution in [0.25, 0.3) is 0 Å². The molecule has 2 amide bonds. The molecule has 0 saturated carbocycles. The number of rotatable bonds is 3. The highest BCUT2D eigenvalue weighted by molar-refractivity contribution is 5.76. The number of allylic oxidation sites excluding steroid dienone is 2. The summed E-state index contributed by atoms with van der Waals surface area (Å²) in [5.41, 5.74) is -0.676. The molecule has 0 radical (unpaired) electrons. The van der Waals surface area contributed by atoms with Crippen LogP contribution in [0, 0.1) is 11.3 Å². The minimum Gasteiger partial charge on any atom is -0.481 e. The number of hydrogen-bond donors (Lipinski definition) is 2. The van der Waals surface area contributed by atoms with Crippen molar-refractivity contribution in [3.05, 3.63) is 12.2 Å². The molecule has 1 saturated heterocycles. The summed E-state index contributed by atoms with van der Waals surface area (Å²) in [7, 11) is 0. The van der Waals surface area contributed by atoms with E-state index in [4.69, 9.17) is 0 Å². The molecule has 112 valence electrons. The first kappa shape index (κ1) is 14.9. The van der Waals surface area contributed by atoms with Gasteiger partial charge >= 0.3 is 12.0 Å². The maximum absolute atomic E-state index is 12.1. The van der Waals surface area contributed by atoms with E-state index in [-0.39, 0.29) is 6.03 Å². The van der Waals surface area contributed by atoms with Crippen LogP contribution >= 0.6 is 0 Å². The van der Waals surface area contributed by atoms with Gasteiger partial charge in [-0.25, -0.2) is 4.79 Å². The van der Waals surface area contributed by atoms with Gasteiger partial charge in [0.2, 0.25) is 0 Å². The Bertz CT molecular complexity index is 398. The molecule has 0 aromatic carbocycles. The lowest BCUT2D eigenvalue weighted by Gasteiger charge is -2.36. The number of carbonyl (C=O) groups is 2. The summed E-state index contributed by atoms with van der Waals surface area (Å²) in [6, 6.07) is -0.0491. The molecular weight excluding hydrogens is 256 g/mol. The summed E-state index contributed by atoms with van der Waals surface area (Å²) in [5, 5.41) is 12.2. The Morgan fingerprint density at radius 2 is 2.05 bits per heavy atom. The minimum absolute atomic E-state index is 0.0491. The zero-order valence-corrected chi connectivity index (χ0v) is 12.1. The lowest BCUT2D eigenvalue weighted by atomic mass is 9.80. The molecule has 1 aliphatic carbocycles. The number of urea groups is 1. The molecule has 1 atom stereocenters. The first-order valence-corrected chi connectivity index (χ1v) is 7.42. The summed E-state index contributed by atoms with van der Waals surface area (Å²) < 4.78 is 0. The third-order valence-electron chi connectivity index (χ3n) is 4.59. The van der Waals surface area contributed by atoms with Crippen molar-refractivity contribution in [3.63, 3.8) is 0 Å². The number of carbonyl (C=O) groups excluding carboxylic acids is 1. The third-order valence-corrected chi connectivity index (χ3v) is 4.59. The van der Waals surface area contributed by atoms with E-state index < -0.39 is 11.4 Å². The van der Waals surface area contributed by atoms with Crippen LogP contribution in [0.4, 0.5) is 4.79 Å². The average Bonchev–Trinajstić information content (AvgIpc) is 2.46. The maximum atomic E-state index is 12.1. The van der Waals surface area contributed by atoms with Crippen molar-refractivity contribution in [2.24, 2.45) is 11.3 Å². The predicted molar refractivity (Wildman–Crippen MR) is 76.4 cm³/mol. The van der Waals surface area contributed by atoms with Crippen LogP contribution in [-0.2, 0) is 4.79 Å². The number of carboxylic acids is 1. The molecule has 2 N–H and O–H groups in total. The molecule has 5 heteroatoms. The van der Waals surface area contributed by atoms with Gasteiger partial charge in [-0.05, 0) is 44.9 Å². The number of nitrogens with zero attached hydrogens (tertiary/aromatic N) is 1. The Morgan fingerprint density at radius 3 is 2.60 bits per heavy atom. The van der Waals surface area contributed by atoms with E-state index in [1.165, 1.54) is 0 Å². The van der Waals surface area contributed by atoms with E-state index in [9.17, 15) is 14.7 Å². The van der Waals surface area contributed by atoms with Gasteiger partial charge in [0.15, 0.2) is 0 Å². The number of aliphatic carboxylic acids is 1. The summed E-state index contributed by atoms with van der Waals surface area (Å²) in [6.07, 6.45) is 8.70. The smallest absolute Gasteiger partial charge is 0.317 e. The van der Waals surface area contributed by atoms with Crippen LogP contribution in [0.2, 0.25) is 0 Å². The molecule has 1 fully saturated rings.